The van der Waals surface area contributed by atoms with E-state index >= 15 is 0 Å². The van der Waals surface area contributed by atoms with Gasteiger partial charge < -0.3 is 9.73 Å². The Bertz CT molecular complexity index is 1080. The van der Waals surface area contributed by atoms with Gasteiger partial charge >= 0.3 is 0 Å². The van der Waals surface area contributed by atoms with Crippen molar-refractivity contribution in [3.63, 3.8) is 0 Å². The van der Waals surface area contributed by atoms with Gasteiger partial charge in [-0.15, -0.1) is 0 Å². The Hall–Kier alpha value is -3.40. The highest BCUT2D eigenvalue weighted by molar-refractivity contribution is 6.01. The topological polar surface area (TPSA) is 55.1 Å². The number of amides is 1. The number of nitrogens with zero attached hydrogens (tertiary/aromatic N) is 1. The summed E-state index contributed by atoms with van der Waals surface area (Å²) in [7, 11) is 0. The molecule has 1 N–H and O–H groups in total. The molecule has 0 radical (unpaired) electrons. The molecule has 1 amide bonds. The van der Waals surface area contributed by atoms with Gasteiger partial charge in [0.1, 0.15) is 5.52 Å². The van der Waals surface area contributed by atoms with E-state index in [4.69, 9.17) is 4.42 Å². The normalized spacial score (nSPS) is 14.8. The van der Waals surface area contributed by atoms with Crippen molar-refractivity contribution in [2.75, 3.05) is 5.32 Å². The van der Waals surface area contributed by atoms with Gasteiger partial charge in [0.2, 0.25) is 11.8 Å². The number of anilines is 1. The number of carbonyl (C=O) groups excluding carboxylic acids is 1. The van der Waals surface area contributed by atoms with E-state index in [1.165, 1.54) is 0 Å². The van der Waals surface area contributed by atoms with E-state index in [-0.39, 0.29) is 11.3 Å². The van der Waals surface area contributed by atoms with Gasteiger partial charge in [-0.2, -0.15) is 0 Å². The van der Waals surface area contributed by atoms with Gasteiger partial charge in [0.05, 0.1) is 5.41 Å². The van der Waals surface area contributed by atoms with Crippen molar-refractivity contribution >= 4 is 22.7 Å². The van der Waals surface area contributed by atoms with Crippen molar-refractivity contribution in [2.45, 2.75) is 18.3 Å². The Morgan fingerprint density at radius 1 is 0.889 bits per heavy atom. The predicted octanol–water partition coefficient (Wildman–Crippen LogP) is 5.17. The standard InChI is InChI=1S/C23H18N2O2/c26-22(23(14-15-23)17-6-2-1-3-7-17)24-18-12-10-16(11-13-18)21-25-19-8-4-5-9-20(19)27-21/h1-13H,14-15H2,(H,24,26). The summed E-state index contributed by atoms with van der Waals surface area (Å²) < 4.78 is 5.80. The minimum atomic E-state index is -0.375. The summed E-state index contributed by atoms with van der Waals surface area (Å²) in [6.07, 6.45) is 1.79. The second-order valence-corrected chi connectivity index (χ2v) is 6.97. The molecule has 4 aromatic rings. The number of hydrogen-bond acceptors (Lipinski definition) is 3. The lowest BCUT2D eigenvalue weighted by Gasteiger charge is -2.15. The van der Waals surface area contributed by atoms with Crippen LogP contribution in [-0.2, 0) is 10.2 Å². The number of nitrogens with one attached hydrogen (secondary N) is 1. The first kappa shape index (κ1) is 15.8. The number of fused-ring (bicyclic) bond motifs is 1. The van der Waals surface area contributed by atoms with Crippen molar-refractivity contribution in [1.29, 1.82) is 0 Å². The smallest absolute Gasteiger partial charge is 0.235 e. The van der Waals surface area contributed by atoms with Crippen LogP contribution >= 0.6 is 0 Å². The second kappa shape index (κ2) is 6.09. The number of benzene rings is 3. The number of hydrogen-bond donors (Lipinski definition) is 1. The van der Waals surface area contributed by atoms with Crippen LogP contribution in [0, 0.1) is 0 Å². The van der Waals surface area contributed by atoms with Crippen LogP contribution in [0.2, 0.25) is 0 Å². The molecule has 1 heterocycles. The van der Waals surface area contributed by atoms with Crippen LogP contribution < -0.4 is 5.32 Å². The Morgan fingerprint density at radius 2 is 1.59 bits per heavy atom. The van der Waals surface area contributed by atoms with E-state index in [1.807, 2.05) is 78.9 Å². The highest BCUT2D eigenvalue weighted by atomic mass is 16.3. The van der Waals surface area contributed by atoms with Crippen LogP contribution in [0.1, 0.15) is 18.4 Å². The Morgan fingerprint density at radius 3 is 2.30 bits per heavy atom. The molecule has 4 nitrogen and oxygen atoms in total. The zero-order chi connectivity index (χ0) is 18.3. The minimum absolute atomic E-state index is 0.0586. The van der Waals surface area contributed by atoms with E-state index in [1.54, 1.807) is 0 Å². The quantitative estimate of drug-likeness (QED) is 0.550. The lowest BCUT2D eigenvalue weighted by Crippen LogP contribution is -2.27. The largest absolute Gasteiger partial charge is 0.436 e. The molecular weight excluding hydrogens is 336 g/mol. The highest BCUT2D eigenvalue weighted by Crippen LogP contribution is 2.48. The van der Waals surface area contributed by atoms with Crippen LogP contribution in [0.3, 0.4) is 0 Å². The fraction of sp³-hybridized carbons (Fsp3) is 0.130. The maximum atomic E-state index is 12.8. The molecule has 3 aromatic carbocycles. The van der Waals surface area contributed by atoms with Gasteiger partial charge in [-0.05, 0) is 54.8 Å². The van der Waals surface area contributed by atoms with Gasteiger partial charge in [-0.1, -0.05) is 42.5 Å². The average molecular weight is 354 g/mol. The Labute approximate surface area is 156 Å². The highest BCUT2D eigenvalue weighted by Gasteiger charge is 2.51. The van der Waals surface area contributed by atoms with Gasteiger partial charge in [0.15, 0.2) is 5.58 Å². The monoisotopic (exact) mass is 354 g/mol. The molecule has 0 saturated heterocycles. The van der Waals surface area contributed by atoms with E-state index in [2.05, 4.69) is 10.3 Å². The molecule has 132 valence electrons. The van der Waals surface area contributed by atoms with E-state index < -0.39 is 0 Å². The van der Waals surface area contributed by atoms with Crippen molar-refractivity contribution in [2.24, 2.45) is 0 Å². The first-order valence-electron chi connectivity index (χ1n) is 9.08. The van der Waals surface area contributed by atoms with E-state index in [9.17, 15) is 4.79 Å². The van der Waals surface area contributed by atoms with Crippen LogP contribution in [-0.4, -0.2) is 10.9 Å². The second-order valence-electron chi connectivity index (χ2n) is 6.97. The molecule has 0 aliphatic heterocycles. The maximum Gasteiger partial charge on any atom is 0.235 e. The van der Waals surface area contributed by atoms with E-state index in [0.717, 1.165) is 40.8 Å². The van der Waals surface area contributed by atoms with Crippen LogP contribution in [0.5, 0.6) is 0 Å². The molecule has 0 unspecified atom stereocenters. The molecule has 1 saturated carbocycles. The third-order valence-corrected chi connectivity index (χ3v) is 5.19. The average Bonchev–Trinajstić information content (AvgIpc) is 3.42. The van der Waals surface area contributed by atoms with E-state index in [0.29, 0.717) is 5.89 Å². The fourth-order valence-corrected chi connectivity index (χ4v) is 3.47. The summed E-state index contributed by atoms with van der Waals surface area (Å²) in [5.74, 6) is 0.639. The molecule has 5 rings (SSSR count). The van der Waals surface area contributed by atoms with Crippen LogP contribution in [0.4, 0.5) is 5.69 Å². The fourth-order valence-electron chi connectivity index (χ4n) is 3.47. The maximum absolute atomic E-state index is 12.8. The van der Waals surface area contributed by atoms with Gasteiger partial charge in [-0.25, -0.2) is 4.98 Å². The molecule has 1 aliphatic rings. The Kier molecular flexibility index (Phi) is 3.57. The molecule has 0 spiro atoms. The third kappa shape index (κ3) is 2.79. The van der Waals surface area contributed by atoms with Crippen molar-refractivity contribution < 1.29 is 9.21 Å². The zero-order valence-electron chi connectivity index (χ0n) is 14.7. The molecule has 1 aromatic heterocycles. The molecule has 1 fully saturated rings. The molecule has 0 bridgehead atoms. The number of oxazole rings is 1. The summed E-state index contributed by atoms with van der Waals surface area (Å²) in [6.45, 7) is 0. The summed E-state index contributed by atoms with van der Waals surface area (Å²) in [6, 6.07) is 25.3. The van der Waals surface area contributed by atoms with Crippen LogP contribution in [0.25, 0.3) is 22.6 Å². The number of aromatic nitrogens is 1. The van der Waals surface area contributed by atoms with Crippen molar-refractivity contribution in [3.05, 3.63) is 84.4 Å². The van der Waals surface area contributed by atoms with Gasteiger partial charge in [-0.3, -0.25) is 4.79 Å². The molecular formula is C23H18N2O2. The lowest BCUT2D eigenvalue weighted by molar-refractivity contribution is -0.118. The summed E-state index contributed by atoms with van der Waals surface area (Å²) >= 11 is 0. The molecule has 27 heavy (non-hydrogen) atoms. The van der Waals surface area contributed by atoms with Crippen molar-refractivity contribution in [1.82, 2.24) is 4.98 Å². The molecule has 0 atom stereocenters. The summed E-state index contributed by atoms with van der Waals surface area (Å²) in [5.41, 5.74) is 3.98. The van der Waals surface area contributed by atoms with Crippen molar-refractivity contribution in [3.8, 4) is 11.5 Å². The number of para-hydroxylation sites is 2. The van der Waals surface area contributed by atoms with Gasteiger partial charge in [0.25, 0.3) is 0 Å². The van der Waals surface area contributed by atoms with Gasteiger partial charge in [0, 0.05) is 11.3 Å². The first-order valence-corrected chi connectivity index (χ1v) is 9.08. The summed E-state index contributed by atoms with van der Waals surface area (Å²) in [4.78, 5) is 17.3. The lowest BCUT2D eigenvalue weighted by atomic mass is 9.95. The minimum Gasteiger partial charge on any atom is -0.436 e. The Balaban J connectivity index is 1.36. The van der Waals surface area contributed by atoms with Crippen LogP contribution in [0.15, 0.2) is 83.3 Å². The zero-order valence-corrected chi connectivity index (χ0v) is 14.7. The predicted molar refractivity (Wildman–Crippen MR) is 105 cm³/mol. The number of carbonyl (C=O) groups is 1. The first-order chi connectivity index (χ1) is 13.2. The third-order valence-electron chi connectivity index (χ3n) is 5.19. The molecule has 4 heteroatoms. The molecule has 1 aliphatic carbocycles. The number of rotatable bonds is 4. The SMILES string of the molecule is O=C(Nc1ccc(-c2nc3ccccc3o2)cc1)C1(c2ccccc2)CC1. The summed E-state index contributed by atoms with van der Waals surface area (Å²) in [5, 5.41) is 3.06.